The summed E-state index contributed by atoms with van der Waals surface area (Å²) in [4.78, 5) is 14.2. The first-order valence-electron chi connectivity index (χ1n) is 6.09. The van der Waals surface area contributed by atoms with Gasteiger partial charge in [-0.15, -0.1) is 12.4 Å². The van der Waals surface area contributed by atoms with Gasteiger partial charge < -0.3 is 14.7 Å². The van der Waals surface area contributed by atoms with Crippen LogP contribution in [0, 0.1) is 6.92 Å². The Morgan fingerprint density at radius 3 is 2.89 bits per heavy atom. The number of rotatable bonds is 3. The van der Waals surface area contributed by atoms with Crippen molar-refractivity contribution in [2.45, 2.75) is 32.7 Å². The lowest BCUT2D eigenvalue weighted by molar-refractivity contribution is 0.0787. The van der Waals surface area contributed by atoms with E-state index in [1.165, 1.54) is 0 Å². The van der Waals surface area contributed by atoms with Crippen LogP contribution < -0.4 is 5.32 Å². The van der Waals surface area contributed by atoms with Crippen molar-refractivity contribution in [2.24, 2.45) is 0 Å². The summed E-state index contributed by atoms with van der Waals surface area (Å²) in [7, 11) is 1.93. The number of amides is 1. The average Bonchev–Trinajstić information content (AvgIpc) is 2.94. The molecule has 0 radical (unpaired) electrons. The highest BCUT2D eigenvalue weighted by Crippen LogP contribution is 2.19. The fourth-order valence-electron chi connectivity index (χ4n) is 2.27. The zero-order valence-electron chi connectivity index (χ0n) is 11.0. The fraction of sp³-hybridized carbons (Fsp3) is 0.667. The van der Waals surface area contributed by atoms with Crippen LogP contribution in [-0.2, 0) is 6.42 Å². The molecule has 1 amide bonds. The molecule has 1 unspecified atom stereocenters. The number of nitrogens with one attached hydrogen (secondary N) is 1. The highest BCUT2D eigenvalue weighted by molar-refractivity contribution is 5.96. The highest BCUT2D eigenvalue weighted by atomic mass is 35.5. The van der Waals surface area contributed by atoms with Crippen LogP contribution in [-0.4, -0.2) is 42.1 Å². The van der Waals surface area contributed by atoms with Crippen molar-refractivity contribution < 1.29 is 9.32 Å². The monoisotopic (exact) mass is 273 g/mol. The van der Waals surface area contributed by atoms with Crippen LogP contribution in [0.25, 0.3) is 0 Å². The van der Waals surface area contributed by atoms with Crippen molar-refractivity contribution in [1.29, 1.82) is 0 Å². The van der Waals surface area contributed by atoms with Crippen LogP contribution in [0.5, 0.6) is 0 Å². The Morgan fingerprint density at radius 2 is 2.33 bits per heavy atom. The minimum Gasteiger partial charge on any atom is -0.361 e. The molecule has 1 atom stereocenters. The molecule has 1 N–H and O–H groups in total. The van der Waals surface area contributed by atoms with E-state index < -0.39 is 0 Å². The number of carbonyl (C=O) groups excluding carboxylic acids is 1. The summed E-state index contributed by atoms with van der Waals surface area (Å²) in [5, 5.41) is 7.13. The summed E-state index contributed by atoms with van der Waals surface area (Å²) in [5.41, 5.74) is 1.42. The van der Waals surface area contributed by atoms with E-state index in [-0.39, 0.29) is 18.3 Å². The number of halogens is 1. The summed E-state index contributed by atoms with van der Waals surface area (Å²) in [6.45, 7) is 5.35. The Morgan fingerprint density at radius 1 is 1.61 bits per heavy atom. The van der Waals surface area contributed by atoms with Gasteiger partial charge in [-0.25, -0.2) is 0 Å². The first-order chi connectivity index (χ1) is 8.17. The van der Waals surface area contributed by atoms with Gasteiger partial charge in [0.05, 0.1) is 5.69 Å². The van der Waals surface area contributed by atoms with Crippen LogP contribution >= 0.6 is 12.4 Å². The molecule has 0 saturated carbocycles. The molecule has 0 bridgehead atoms. The lowest BCUT2D eigenvalue weighted by Gasteiger charge is -2.16. The first kappa shape index (κ1) is 15.0. The number of aryl methyl sites for hydroxylation is 2. The van der Waals surface area contributed by atoms with Gasteiger partial charge in [0.15, 0.2) is 0 Å². The molecule has 1 aliphatic heterocycles. The van der Waals surface area contributed by atoms with E-state index in [4.69, 9.17) is 4.52 Å². The summed E-state index contributed by atoms with van der Waals surface area (Å²) < 4.78 is 5.11. The van der Waals surface area contributed by atoms with Crippen molar-refractivity contribution in [1.82, 2.24) is 15.4 Å². The third kappa shape index (κ3) is 2.67. The number of carbonyl (C=O) groups is 1. The van der Waals surface area contributed by atoms with Crippen molar-refractivity contribution in [2.75, 3.05) is 20.1 Å². The van der Waals surface area contributed by atoms with Crippen molar-refractivity contribution >= 4 is 18.3 Å². The summed E-state index contributed by atoms with van der Waals surface area (Å²) in [6.07, 6.45) is 1.73. The minimum absolute atomic E-state index is 0. The van der Waals surface area contributed by atoms with Crippen molar-refractivity contribution in [3.63, 3.8) is 0 Å². The minimum atomic E-state index is 0. The smallest absolute Gasteiger partial charge is 0.259 e. The largest absolute Gasteiger partial charge is 0.361 e. The summed E-state index contributed by atoms with van der Waals surface area (Å²) >= 11 is 0. The molecule has 2 rings (SSSR count). The van der Waals surface area contributed by atoms with Gasteiger partial charge in [-0.2, -0.15) is 0 Å². The Bertz CT molecular complexity index is 419. The van der Waals surface area contributed by atoms with E-state index in [9.17, 15) is 4.79 Å². The Kier molecular flexibility index (Phi) is 5.16. The molecule has 1 aliphatic rings. The van der Waals surface area contributed by atoms with Crippen LogP contribution in [0.2, 0.25) is 0 Å². The number of hydrogen-bond acceptors (Lipinski definition) is 4. The Hall–Kier alpha value is -1.07. The standard InChI is InChI=1S/C12H19N3O2.ClH/c1-4-10-11(8(2)17-14-10)12(16)15-6-5-9(7-15)13-3;/h9,13H,4-7H2,1-3H3;1H. The molecule has 102 valence electrons. The summed E-state index contributed by atoms with van der Waals surface area (Å²) in [6, 6.07) is 0.407. The number of hydrogen-bond donors (Lipinski definition) is 1. The maximum atomic E-state index is 12.4. The number of likely N-dealkylation sites (tertiary alicyclic amines) is 1. The van der Waals surface area contributed by atoms with Gasteiger partial charge in [0, 0.05) is 19.1 Å². The van der Waals surface area contributed by atoms with Gasteiger partial charge in [-0.05, 0) is 26.8 Å². The second-order valence-corrected chi connectivity index (χ2v) is 4.44. The molecule has 0 aromatic carbocycles. The molecule has 18 heavy (non-hydrogen) atoms. The highest BCUT2D eigenvalue weighted by Gasteiger charge is 2.29. The van der Waals surface area contributed by atoms with E-state index in [1.54, 1.807) is 6.92 Å². The molecule has 0 aliphatic carbocycles. The van der Waals surface area contributed by atoms with E-state index in [0.717, 1.165) is 31.6 Å². The molecule has 1 aromatic rings. The summed E-state index contributed by atoms with van der Waals surface area (Å²) in [5.74, 6) is 0.679. The maximum Gasteiger partial charge on any atom is 0.259 e. The van der Waals surface area contributed by atoms with Crippen LogP contribution in [0.15, 0.2) is 4.52 Å². The normalized spacial score (nSPS) is 18.8. The molecule has 1 saturated heterocycles. The van der Waals surface area contributed by atoms with E-state index >= 15 is 0 Å². The SMILES string of the molecule is CCc1noc(C)c1C(=O)N1CCC(NC)C1.Cl. The maximum absolute atomic E-state index is 12.4. The second-order valence-electron chi connectivity index (χ2n) is 4.44. The molecule has 1 aromatic heterocycles. The zero-order chi connectivity index (χ0) is 12.4. The van der Waals surface area contributed by atoms with Gasteiger partial charge in [0.2, 0.25) is 0 Å². The van der Waals surface area contributed by atoms with E-state index in [0.29, 0.717) is 17.4 Å². The van der Waals surface area contributed by atoms with E-state index in [1.807, 2.05) is 18.9 Å². The lowest BCUT2D eigenvalue weighted by Crippen LogP contribution is -2.34. The molecular formula is C12H20ClN3O2. The number of likely N-dealkylation sites (N-methyl/N-ethyl adjacent to an activating group) is 1. The number of nitrogens with zero attached hydrogens (tertiary/aromatic N) is 2. The quantitative estimate of drug-likeness (QED) is 0.904. The van der Waals surface area contributed by atoms with Crippen LogP contribution in [0.4, 0.5) is 0 Å². The Balaban J connectivity index is 0.00000162. The Labute approximate surface area is 113 Å². The van der Waals surface area contributed by atoms with Gasteiger partial charge in [0.25, 0.3) is 5.91 Å². The van der Waals surface area contributed by atoms with Gasteiger partial charge in [-0.3, -0.25) is 4.79 Å². The third-order valence-electron chi connectivity index (χ3n) is 3.37. The average molecular weight is 274 g/mol. The van der Waals surface area contributed by atoms with Crippen LogP contribution in [0.1, 0.15) is 35.2 Å². The van der Waals surface area contributed by atoms with E-state index in [2.05, 4.69) is 10.5 Å². The van der Waals surface area contributed by atoms with Crippen molar-refractivity contribution in [3.05, 3.63) is 17.0 Å². The van der Waals surface area contributed by atoms with Gasteiger partial charge >= 0.3 is 0 Å². The molecule has 6 heteroatoms. The molecular weight excluding hydrogens is 254 g/mol. The van der Waals surface area contributed by atoms with Gasteiger partial charge in [-0.1, -0.05) is 12.1 Å². The zero-order valence-corrected chi connectivity index (χ0v) is 11.8. The fourth-order valence-corrected chi connectivity index (χ4v) is 2.27. The predicted molar refractivity (Wildman–Crippen MR) is 71.2 cm³/mol. The topological polar surface area (TPSA) is 58.4 Å². The van der Waals surface area contributed by atoms with Crippen LogP contribution in [0.3, 0.4) is 0 Å². The van der Waals surface area contributed by atoms with Crippen molar-refractivity contribution in [3.8, 4) is 0 Å². The second kappa shape index (κ2) is 6.20. The van der Waals surface area contributed by atoms with Gasteiger partial charge in [0.1, 0.15) is 11.3 Å². The first-order valence-corrected chi connectivity index (χ1v) is 6.09. The predicted octanol–water partition coefficient (Wildman–Crippen LogP) is 1.40. The third-order valence-corrected chi connectivity index (χ3v) is 3.37. The number of aromatic nitrogens is 1. The molecule has 0 spiro atoms. The lowest BCUT2D eigenvalue weighted by atomic mass is 10.1. The molecule has 5 nitrogen and oxygen atoms in total. The molecule has 1 fully saturated rings. The molecule has 2 heterocycles.